The quantitative estimate of drug-likeness (QED) is 0.181. The van der Waals surface area contributed by atoms with Crippen molar-refractivity contribution in [2.24, 2.45) is 0 Å². The normalized spacial score (nSPS) is 15.6. The van der Waals surface area contributed by atoms with Gasteiger partial charge in [0.2, 0.25) is 5.76 Å². The Morgan fingerprint density at radius 1 is 0.955 bits per heavy atom. The number of hydrogen-bond donors (Lipinski definition) is 1. The number of anilines is 1. The number of ether oxygens (including phenoxy) is 3. The number of likely N-dealkylation sites (tertiary alicyclic amines) is 1. The molecule has 0 atom stereocenters. The second-order valence-electron chi connectivity index (χ2n) is 11.1. The molecule has 0 unspecified atom stereocenters. The van der Waals surface area contributed by atoms with Gasteiger partial charge in [0.25, 0.3) is 0 Å². The first-order valence-electron chi connectivity index (χ1n) is 15.1. The third-order valence-corrected chi connectivity index (χ3v) is 7.99. The number of hydrogen-bond acceptors (Lipinski definition) is 6. The topological polar surface area (TPSA) is 97.4 Å². The molecule has 9 heteroatoms. The number of para-hydroxylation sites is 1. The van der Waals surface area contributed by atoms with Crippen LogP contribution in [0.5, 0.6) is 5.75 Å². The van der Waals surface area contributed by atoms with Crippen molar-refractivity contribution in [1.29, 1.82) is 0 Å². The maximum Gasteiger partial charge on any atom is 0.415 e. The lowest BCUT2D eigenvalue weighted by Gasteiger charge is -2.37. The molecule has 0 aliphatic carbocycles. The highest BCUT2D eigenvalue weighted by molar-refractivity contribution is 5.94. The van der Waals surface area contributed by atoms with Crippen molar-refractivity contribution in [3.05, 3.63) is 100 Å². The Morgan fingerprint density at radius 2 is 1.64 bits per heavy atom. The summed E-state index contributed by atoms with van der Waals surface area (Å²) < 4.78 is 16.9. The SMILES string of the molecule is CCOC(=O)/C(=C\c1cc(C)c(OCc2ccccc2)c(C)c1)OC(=O)N1CCC(N2CCc3ccccc3NC2=O)CC1. The summed E-state index contributed by atoms with van der Waals surface area (Å²) in [4.78, 5) is 42.4. The van der Waals surface area contributed by atoms with Gasteiger partial charge in [0.15, 0.2) is 0 Å². The number of urea groups is 1. The molecule has 0 aromatic heterocycles. The number of amides is 3. The number of nitrogens with one attached hydrogen (secondary N) is 1. The molecule has 3 aromatic carbocycles. The summed E-state index contributed by atoms with van der Waals surface area (Å²) in [5.41, 5.74) is 5.50. The molecule has 0 bridgehead atoms. The highest BCUT2D eigenvalue weighted by Crippen LogP contribution is 2.28. The molecule has 1 N–H and O–H groups in total. The van der Waals surface area contributed by atoms with Crippen LogP contribution in [-0.2, 0) is 27.3 Å². The maximum absolute atomic E-state index is 13.2. The van der Waals surface area contributed by atoms with E-state index < -0.39 is 12.1 Å². The number of fused-ring (bicyclic) bond motifs is 1. The van der Waals surface area contributed by atoms with E-state index in [1.54, 1.807) is 11.8 Å². The van der Waals surface area contributed by atoms with Gasteiger partial charge in [-0.2, -0.15) is 0 Å². The van der Waals surface area contributed by atoms with Crippen LogP contribution in [0.3, 0.4) is 0 Å². The minimum Gasteiger partial charge on any atom is -0.488 e. The second-order valence-corrected chi connectivity index (χ2v) is 11.1. The number of carbonyl (C=O) groups excluding carboxylic acids is 3. The Balaban J connectivity index is 1.23. The fraction of sp³-hybridized carbons (Fsp3) is 0.343. The second kappa shape index (κ2) is 14.1. The number of rotatable bonds is 8. The number of carbonyl (C=O) groups is 3. The first kappa shape index (κ1) is 30.7. The largest absolute Gasteiger partial charge is 0.488 e. The lowest BCUT2D eigenvalue weighted by molar-refractivity contribution is -0.141. The van der Waals surface area contributed by atoms with Crippen LogP contribution in [0.2, 0.25) is 0 Å². The van der Waals surface area contributed by atoms with Gasteiger partial charge in [0.1, 0.15) is 12.4 Å². The van der Waals surface area contributed by atoms with Gasteiger partial charge in [-0.3, -0.25) is 0 Å². The van der Waals surface area contributed by atoms with E-state index in [-0.39, 0.29) is 24.4 Å². The van der Waals surface area contributed by atoms with Gasteiger partial charge < -0.3 is 29.3 Å². The van der Waals surface area contributed by atoms with Gasteiger partial charge >= 0.3 is 18.1 Å². The minimum atomic E-state index is -0.712. The molecule has 0 radical (unpaired) electrons. The smallest absolute Gasteiger partial charge is 0.415 e. The van der Waals surface area contributed by atoms with Crippen molar-refractivity contribution >= 4 is 29.9 Å². The molecule has 44 heavy (non-hydrogen) atoms. The van der Waals surface area contributed by atoms with E-state index in [2.05, 4.69) is 5.32 Å². The molecule has 1 fully saturated rings. The van der Waals surface area contributed by atoms with Crippen molar-refractivity contribution in [3.8, 4) is 5.75 Å². The highest BCUT2D eigenvalue weighted by atomic mass is 16.6. The van der Waals surface area contributed by atoms with Crippen LogP contribution in [0, 0.1) is 13.8 Å². The fourth-order valence-electron chi connectivity index (χ4n) is 5.76. The van der Waals surface area contributed by atoms with Crippen molar-refractivity contribution in [2.45, 2.75) is 52.7 Å². The summed E-state index contributed by atoms with van der Waals surface area (Å²) in [6, 6.07) is 21.4. The van der Waals surface area contributed by atoms with Crippen LogP contribution in [0.15, 0.2) is 72.5 Å². The van der Waals surface area contributed by atoms with Crippen molar-refractivity contribution in [3.63, 3.8) is 0 Å². The third kappa shape index (κ3) is 7.40. The van der Waals surface area contributed by atoms with Crippen LogP contribution >= 0.6 is 0 Å². The third-order valence-electron chi connectivity index (χ3n) is 7.99. The van der Waals surface area contributed by atoms with Gasteiger partial charge in [0, 0.05) is 31.4 Å². The molecule has 2 aliphatic rings. The Morgan fingerprint density at radius 3 is 2.34 bits per heavy atom. The van der Waals surface area contributed by atoms with Gasteiger partial charge in [-0.25, -0.2) is 14.4 Å². The zero-order valence-corrected chi connectivity index (χ0v) is 25.5. The molecule has 1 saturated heterocycles. The standard InChI is InChI=1S/C35H39N3O6/c1-4-42-33(39)31(22-27-20-24(2)32(25(3)21-27)43-23-26-10-6-5-7-11-26)44-35(41)37-17-15-29(16-18-37)38-19-14-28-12-8-9-13-30(28)36-34(38)40/h5-13,20-22,29H,4,14-19,23H2,1-3H3,(H,36,40)/b31-22+. The summed E-state index contributed by atoms with van der Waals surface area (Å²) in [5, 5.41) is 3.02. The number of aryl methyl sites for hydroxylation is 2. The predicted molar refractivity (Wildman–Crippen MR) is 168 cm³/mol. The Hall–Kier alpha value is -4.79. The minimum absolute atomic E-state index is 0.00186. The highest BCUT2D eigenvalue weighted by Gasteiger charge is 2.32. The summed E-state index contributed by atoms with van der Waals surface area (Å²) in [5.74, 6) is -0.123. The van der Waals surface area contributed by atoms with Crippen LogP contribution in [0.4, 0.5) is 15.3 Å². The van der Waals surface area contributed by atoms with Crippen LogP contribution in [-0.4, -0.2) is 60.2 Å². The van der Waals surface area contributed by atoms with Crippen molar-refractivity contribution in [2.75, 3.05) is 31.6 Å². The molecule has 2 aliphatic heterocycles. The predicted octanol–water partition coefficient (Wildman–Crippen LogP) is 6.48. The van der Waals surface area contributed by atoms with Gasteiger partial charge in [-0.15, -0.1) is 0 Å². The first-order chi connectivity index (χ1) is 21.3. The molecule has 230 valence electrons. The summed E-state index contributed by atoms with van der Waals surface area (Å²) in [6.45, 7) is 7.59. The number of piperidine rings is 1. The van der Waals surface area contributed by atoms with Gasteiger partial charge in [-0.05, 0) is 92.1 Å². The monoisotopic (exact) mass is 597 g/mol. The van der Waals surface area contributed by atoms with Crippen LogP contribution < -0.4 is 10.1 Å². The van der Waals surface area contributed by atoms with E-state index in [9.17, 15) is 14.4 Å². The molecular weight excluding hydrogens is 558 g/mol. The lowest BCUT2D eigenvalue weighted by atomic mass is 10.0. The van der Waals surface area contributed by atoms with Crippen LogP contribution in [0.25, 0.3) is 6.08 Å². The summed E-state index contributed by atoms with van der Waals surface area (Å²) in [7, 11) is 0. The summed E-state index contributed by atoms with van der Waals surface area (Å²) >= 11 is 0. The zero-order chi connectivity index (χ0) is 31.1. The van der Waals surface area contributed by atoms with E-state index in [1.165, 1.54) is 6.08 Å². The molecule has 3 amide bonds. The average Bonchev–Trinajstić information content (AvgIpc) is 3.19. The Labute approximate surface area is 258 Å². The van der Waals surface area contributed by atoms with Crippen LogP contribution in [0.1, 0.15) is 47.6 Å². The maximum atomic E-state index is 13.2. The molecule has 9 nitrogen and oxygen atoms in total. The van der Waals surface area contributed by atoms with E-state index in [0.717, 1.165) is 40.1 Å². The Kier molecular flexibility index (Phi) is 9.84. The van der Waals surface area contributed by atoms with E-state index in [0.29, 0.717) is 44.6 Å². The fourth-order valence-corrected chi connectivity index (χ4v) is 5.76. The number of benzene rings is 3. The average molecular weight is 598 g/mol. The van der Waals surface area contributed by atoms with Gasteiger partial charge in [-0.1, -0.05) is 48.5 Å². The van der Waals surface area contributed by atoms with Crippen molar-refractivity contribution < 1.29 is 28.6 Å². The van der Waals surface area contributed by atoms with E-state index in [1.807, 2.05) is 85.5 Å². The molecular formula is C35H39N3O6. The van der Waals surface area contributed by atoms with E-state index in [4.69, 9.17) is 14.2 Å². The Bertz CT molecular complexity index is 1510. The number of nitrogens with zero attached hydrogens (tertiary/aromatic N) is 2. The summed E-state index contributed by atoms with van der Waals surface area (Å²) in [6.07, 6.45) is 2.90. The molecule has 5 rings (SSSR count). The van der Waals surface area contributed by atoms with E-state index >= 15 is 0 Å². The lowest BCUT2D eigenvalue weighted by Crippen LogP contribution is -2.50. The molecule has 3 aromatic rings. The first-order valence-corrected chi connectivity index (χ1v) is 15.1. The molecule has 2 heterocycles. The van der Waals surface area contributed by atoms with Gasteiger partial charge in [0.05, 0.1) is 6.61 Å². The van der Waals surface area contributed by atoms with Crippen molar-refractivity contribution in [1.82, 2.24) is 9.80 Å². The molecule has 0 saturated carbocycles. The zero-order valence-electron chi connectivity index (χ0n) is 25.5. The molecule has 0 spiro atoms. The number of esters is 1.